The van der Waals surface area contributed by atoms with Gasteiger partial charge in [0.15, 0.2) is 23.2 Å². The van der Waals surface area contributed by atoms with E-state index in [1.165, 1.54) is 27.4 Å². The molecule has 0 bridgehead atoms. The molecule has 1 aliphatic heterocycles. The topological polar surface area (TPSA) is 86.6 Å². The number of hydrogen-bond donors (Lipinski definition) is 2. The minimum atomic E-state index is -4.57. The Bertz CT molecular complexity index is 1180. The minimum absolute atomic E-state index is 0.0910. The number of fused-ring (bicyclic) bond motifs is 1. The number of nitrogens with one attached hydrogen (secondary N) is 2. The Morgan fingerprint density at radius 1 is 1.03 bits per heavy atom. The van der Waals surface area contributed by atoms with Crippen LogP contribution in [0.1, 0.15) is 34.6 Å². The Morgan fingerprint density at radius 2 is 1.74 bits per heavy atom. The molecule has 1 aliphatic rings. The quantitative estimate of drug-likeness (QED) is 0.531. The van der Waals surface area contributed by atoms with Crippen molar-refractivity contribution in [1.29, 1.82) is 0 Å². The molecule has 180 valence electrons. The molecule has 4 rings (SSSR count). The summed E-state index contributed by atoms with van der Waals surface area (Å²) in [6, 6.07) is 10.2. The van der Waals surface area contributed by atoms with Crippen LogP contribution in [-0.2, 0) is 0 Å². The van der Waals surface area contributed by atoms with Crippen LogP contribution < -0.4 is 24.8 Å². The van der Waals surface area contributed by atoms with Crippen LogP contribution in [-0.4, -0.2) is 43.2 Å². The molecule has 1 aromatic heterocycles. The number of rotatable bonds is 6. The van der Waals surface area contributed by atoms with Crippen molar-refractivity contribution in [2.45, 2.75) is 24.7 Å². The number of amides is 1. The average Bonchev–Trinajstić information content (AvgIpc) is 3.27. The summed E-state index contributed by atoms with van der Waals surface area (Å²) in [5.41, 5.74) is 0.907. The van der Waals surface area contributed by atoms with Crippen LogP contribution in [0.2, 0.25) is 0 Å². The third kappa shape index (κ3) is 4.59. The summed E-state index contributed by atoms with van der Waals surface area (Å²) in [6.45, 7) is 0. The van der Waals surface area contributed by atoms with E-state index in [-0.39, 0.29) is 17.9 Å². The second-order valence-corrected chi connectivity index (χ2v) is 7.65. The number of benzene rings is 2. The Labute approximate surface area is 193 Å². The molecule has 34 heavy (non-hydrogen) atoms. The van der Waals surface area contributed by atoms with E-state index in [0.717, 1.165) is 4.68 Å². The molecule has 8 nitrogen and oxygen atoms in total. The molecule has 3 aromatic rings. The van der Waals surface area contributed by atoms with E-state index in [9.17, 15) is 18.0 Å². The van der Waals surface area contributed by atoms with Crippen molar-refractivity contribution in [3.8, 4) is 17.2 Å². The first-order chi connectivity index (χ1) is 16.2. The Balaban J connectivity index is 1.62. The number of alkyl halides is 3. The number of anilines is 2. The van der Waals surface area contributed by atoms with Crippen LogP contribution in [0.3, 0.4) is 0 Å². The van der Waals surface area contributed by atoms with E-state index in [1.54, 1.807) is 42.5 Å². The van der Waals surface area contributed by atoms with E-state index in [0.29, 0.717) is 28.5 Å². The number of carbonyl (C=O) groups excluding carboxylic acids is 1. The molecule has 2 heterocycles. The van der Waals surface area contributed by atoms with Crippen molar-refractivity contribution >= 4 is 17.4 Å². The van der Waals surface area contributed by atoms with Crippen LogP contribution >= 0.6 is 0 Å². The second kappa shape index (κ2) is 9.16. The van der Waals surface area contributed by atoms with E-state index in [2.05, 4.69) is 15.7 Å². The van der Waals surface area contributed by atoms with Crippen molar-refractivity contribution < 1.29 is 32.2 Å². The third-order valence-corrected chi connectivity index (χ3v) is 5.58. The lowest BCUT2D eigenvalue weighted by atomic mass is 9.96. The first kappa shape index (κ1) is 23.3. The molecule has 0 unspecified atom stereocenters. The number of carbonyl (C=O) groups is 1. The highest BCUT2D eigenvalue weighted by Gasteiger charge is 2.47. The van der Waals surface area contributed by atoms with Gasteiger partial charge in [0.1, 0.15) is 11.6 Å². The number of hydrogen-bond acceptors (Lipinski definition) is 6. The first-order valence-corrected chi connectivity index (χ1v) is 10.3. The lowest BCUT2D eigenvalue weighted by Crippen LogP contribution is -2.35. The second-order valence-electron chi connectivity index (χ2n) is 7.65. The summed E-state index contributed by atoms with van der Waals surface area (Å²) in [7, 11) is 4.45. The van der Waals surface area contributed by atoms with Crippen molar-refractivity contribution in [1.82, 2.24) is 9.78 Å². The van der Waals surface area contributed by atoms with Gasteiger partial charge in [-0.15, -0.1) is 0 Å². The van der Waals surface area contributed by atoms with Gasteiger partial charge in [-0.1, -0.05) is 6.07 Å². The van der Waals surface area contributed by atoms with Crippen LogP contribution in [0.5, 0.6) is 17.2 Å². The summed E-state index contributed by atoms with van der Waals surface area (Å²) in [5, 5.41) is 9.67. The van der Waals surface area contributed by atoms with Gasteiger partial charge in [0.05, 0.1) is 27.4 Å². The van der Waals surface area contributed by atoms with Crippen LogP contribution in [0.4, 0.5) is 24.7 Å². The van der Waals surface area contributed by atoms with Crippen LogP contribution in [0, 0.1) is 0 Å². The molecule has 0 radical (unpaired) electrons. The predicted octanol–water partition coefficient (Wildman–Crippen LogP) is 4.82. The highest BCUT2D eigenvalue weighted by molar-refractivity contribution is 6.03. The SMILES string of the molecule is COc1ccc(NC(=O)c2cc3n(n2)[C@H](C(F)(F)F)C[C@H](c2ccc(OC)c(OC)c2)N3)cc1. The molecule has 0 aliphatic carbocycles. The van der Waals surface area contributed by atoms with Crippen LogP contribution in [0.15, 0.2) is 48.5 Å². The molecule has 11 heteroatoms. The maximum Gasteiger partial charge on any atom is 0.410 e. The average molecular weight is 476 g/mol. The predicted molar refractivity (Wildman–Crippen MR) is 119 cm³/mol. The minimum Gasteiger partial charge on any atom is -0.497 e. The number of nitrogens with zero attached hydrogens (tertiary/aromatic N) is 2. The number of aromatic nitrogens is 2. The van der Waals surface area contributed by atoms with Crippen molar-refractivity contribution in [3.63, 3.8) is 0 Å². The maximum atomic E-state index is 14.0. The highest BCUT2D eigenvalue weighted by Crippen LogP contribution is 2.44. The van der Waals surface area contributed by atoms with E-state index in [4.69, 9.17) is 14.2 Å². The fourth-order valence-corrected chi connectivity index (χ4v) is 3.84. The smallest absolute Gasteiger partial charge is 0.410 e. The molecule has 0 saturated heterocycles. The van der Waals surface area contributed by atoms with Gasteiger partial charge >= 0.3 is 6.18 Å². The zero-order valence-electron chi connectivity index (χ0n) is 18.6. The third-order valence-electron chi connectivity index (χ3n) is 5.58. The maximum absolute atomic E-state index is 14.0. The summed E-state index contributed by atoms with van der Waals surface area (Å²) < 4.78 is 58.3. The van der Waals surface area contributed by atoms with Gasteiger partial charge in [0, 0.05) is 18.2 Å². The monoisotopic (exact) mass is 476 g/mol. The standard InChI is InChI=1S/C23H23F3N4O4/c1-32-15-7-5-14(6-8-15)27-22(31)17-12-21-28-16(11-20(23(24,25)26)30(21)29-17)13-4-9-18(33-2)19(10-13)34-3/h4-10,12,16,20,28H,11H2,1-3H3,(H,27,31)/t16-,20+/m1/s1. The summed E-state index contributed by atoms with van der Waals surface area (Å²) in [5.74, 6) is 0.945. The van der Waals surface area contributed by atoms with Gasteiger partial charge in [0.25, 0.3) is 5.91 Å². The molecule has 0 spiro atoms. The normalized spacial score (nSPS) is 17.4. The number of methoxy groups -OCH3 is 3. The van der Waals surface area contributed by atoms with Gasteiger partial charge < -0.3 is 24.8 Å². The van der Waals surface area contributed by atoms with Crippen molar-refractivity contribution in [3.05, 3.63) is 59.8 Å². The van der Waals surface area contributed by atoms with E-state index >= 15 is 0 Å². The van der Waals surface area contributed by atoms with Crippen LogP contribution in [0.25, 0.3) is 0 Å². The van der Waals surface area contributed by atoms with E-state index in [1.807, 2.05) is 0 Å². The Hall–Kier alpha value is -3.89. The summed E-state index contributed by atoms with van der Waals surface area (Å²) >= 11 is 0. The fraction of sp³-hybridized carbons (Fsp3) is 0.304. The molecule has 0 saturated carbocycles. The van der Waals surface area contributed by atoms with Gasteiger partial charge in [-0.25, -0.2) is 4.68 Å². The van der Waals surface area contributed by atoms with E-state index < -0.39 is 24.2 Å². The summed E-state index contributed by atoms with van der Waals surface area (Å²) in [4.78, 5) is 12.7. The molecular weight excluding hydrogens is 453 g/mol. The molecule has 0 fully saturated rings. The Morgan fingerprint density at radius 3 is 2.35 bits per heavy atom. The first-order valence-electron chi connectivity index (χ1n) is 10.3. The van der Waals surface area contributed by atoms with Gasteiger partial charge in [0.2, 0.25) is 0 Å². The Kier molecular flexibility index (Phi) is 6.27. The molecule has 2 N–H and O–H groups in total. The van der Waals surface area contributed by atoms with Crippen molar-refractivity contribution in [2.75, 3.05) is 32.0 Å². The molecular formula is C23H23F3N4O4. The zero-order chi connectivity index (χ0) is 24.5. The van der Waals surface area contributed by atoms with Gasteiger partial charge in [-0.05, 0) is 42.0 Å². The molecule has 2 aromatic carbocycles. The number of halogens is 3. The fourth-order valence-electron chi connectivity index (χ4n) is 3.84. The molecule has 2 atom stereocenters. The highest BCUT2D eigenvalue weighted by atomic mass is 19.4. The zero-order valence-corrected chi connectivity index (χ0v) is 18.6. The largest absolute Gasteiger partial charge is 0.497 e. The van der Waals surface area contributed by atoms with Crippen molar-refractivity contribution in [2.24, 2.45) is 0 Å². The summed E-state index contributed by atoms with van der Waals surface area (Å²) in [6.07, 6.45) is -4.88. The number of ether oxygens (including phenoxy) is 3. The van der Waals surface area contributed by atoms with Gasteiger partial charge in [-0.3, -0.25) is 4.79 Å². The molecule has 1 amide bonds. The van der Waals surface area contributed by atoms with Gasteiger partial charge in [-0.2, -0.15) is 18.3 Å². The lowest BCUT2D eigenvalue weighted by Gasteiger charge is -2.33. The lowest BCUT2D eigenvalue weighted by molar-refractivity contribution is -0.173.